The van der Waals surface area contributed by atoms with Crippen molar-refractivity contribution >= 4 is 11.6 Å². The lowest BCUT2D eigenvalue weighted by molar-refractivity contribution is -0.121. The van der Waals surface area contributed by atoms with Gasteiger partial charge in [-0.25, -0.2) is 4.39 Å². The molecule has 0 fully saturated rings. The number of hydrogen-bond acceptors (Lipinski definition) is 3. The predicted molar refractivity (Wildman–Crippen MR) is 62.5 cm³/mol. The number of anilines is 1. The van der Waals surface area contributed by atoms with Crippen molar-refractivity contribution in [1.29, 1.82) is 0 Å². The van der Waals surface area contributed by atoms with Crippen molar-refractivity contribution in [2.75, 3.05) is 32.2 Å². The van der Waals surface area contributed by atoms with Crippen LogP contribution in [0.1, 0.15) is 5.56 Å². The summed E-state index contributed by atoms with van der Waals surface area (Å²) in [5.74, 6) is -0.660. The number of nitrogens with one attached hydrogen (secondary N) is 1. The molecule has 0 aliphatic rings. The maximum Gasteiger partial charge on any atom is 0.250 e. The van der Waals surface area contributed by atoms with E-state index in [-0.39, 0.29) is 18.3 Å². The Morgan fingerprint density at radius 1 is 1.41 bits per heavy atom. The number of aryl methyl sites for hydroxylation is 1. The number of carbonyl (C=O) groups is 1. The molecule has 0 bridgehead atoms. The van der Waals surface area contributed by atoms with E-state index < -0.39 is 0 Å². The van der Waals surface area contributed by atoms with Crippen LogP contribution in [0.4, 0.5) is 10.1 Å². The Morgan fingerprint density at radius 3 is 2.82 bits per heavy atom. The molecule has 17 heavy (non-hydrogen) atoms. The molecule has 0 aliphatic carbocycles. The summed E-state index contributed by atoms with van der Waals surface area (Å²) >= 11 is 0. The smallest absolute Gasteiger partial charge is 0.250 e. The zero-order valence-corrected chi connectivity index (χ0v) is 9.96. The number of halogens is 1. The topological polar surface area (TPSA) is 47.6 Å². The summed E-state index contributed by atoms with van der Waals surface area (Å²) in [6, 6.07) is 4.53. The van der Waals surface area contributed by atoms with Gasteiger partial charge < -0.3 is 14.8 Å². The Kier molecular flexibility index (Phi) is 5.59. The highest BCUT2D eigenvalue weighted by Crippen LogP contribution is 2.13. The van der Waals surface area contributed by atoms with Crippen molar-refractivity contribution in [3.63, 3.8) is 0 Å². The summed E-state index contributed by atoms with van der Waals surface area (Å²) in [5, 5.41) is 2.54. The van der Waals surface area contributed by atoms with E-state index in [1.54, 1.807) is 26.2 Å². The summed E-state index contributed by atoms with van der Waals surface area (Å²) in [7, 11) is 1.55. The van der Waals surface area contributed by atoms with Crippen LogP contribution in [-0.2, 0) is 14.3 Å². The monoisotopic (exact) mass is 241 g/mol. The molecule has 0 unspecified atom stereocenters. The molecule has 0 saturated carbocycles. The second-order valence-corrected chi connectivity index (χ2v) is 3.56. The predicted octanol–water partition coefficient (Wildman–Crippen LogP) is 1.74. The van der Waals surface area contributed by atoms with Crippen molar-refractivity contribution in [3.8, 4) is 0 Å². The first kappa shape index (κ1) is 13.6. The average Bonchev–Trinajstić information content (AvgIpc) is 2.30. The van der Waals surface area contributed by atoms with Gasteiger partial charge in [-0.1, -0.05) is 6.07 Å². The van der Waals surface area contributed by atoms with Gasteiger partial charge in [-0.3, -0.25) is 4.79 Å². The number of rotatable bonds is 6. The molecule has 94 valence electrons. The first-order chi connectivity index (χ1) is 8.13. The lowest BCUT2D eigenvalue weighted by atomic mass is 10.2. The number of hydrogen-bond donors (Lipinski definition) is 1. The highest BCUT2D eigenvalue weighted by Gasteiger charge is 2.04. The maximum absolute atomic E-state index is 13.2. The average molecular weight is 241 g/mol. The summed E-state index contributed by atoms with van der Waals surface area (Å²) in [5.41, 5.74) is 0.966. The third kappa shape index (κ3) is 4.93. The number of carbonyl (C=O) groups excluding carboxylic acids is 1. The van der Waals surface area contributed by atoms with Crippen molar-refractivity contribution in [3.05, 3.63) is 29.6 Å². The van der Waals surface area contributed by atoms with Crippen LogP contribution in [0.15, 0.2) is 18.2 Å². The molecule has 0 heterocycles. The minimum atomic E-state index is -0.344. The van der Waals surface area contributed by atoms with E-state index in [0.717, 1.165) is 0 Å². The highest BCUT2D eigenvalue weighted by molar-refractivity contribution is 5.91. The number of methoxy groups -OCH3 is 1. The molecule has 1 N–H and O–H groups in total. The van der Waals surface area contributed by atoms with E-state index in [1.807, 2.05) is 0 Å². The Hall–Kier alpha value is -1.46. The number of ether oxygens (including phenoxy) is 2. The van der Waals surface area contributed by atoms with E-state index in [9.17, 15) is 9.18 Å². The van der Waals surface area contributed by atoms with Crippen molar-refractivity contribution in [2.24, 2.45) is 0 Å². The Morgan fingerprint density at radius 2 is 2.18 bits per heavy atom. The van der Waals surface area contributed by atoms with E-state index >= 15 is 0 Å². The van der Waals surface area contributed by atoms with Gasteiger partial charge >= 0.3 is 0 Å². The molecular weight excluding hydrogens is 225 g/mol. The van der Waals surface area contributed by atoms with Gasteiger partial charge in [0, 0.05) is 12.8 Å². The normalized spacial score (nSPS) is 10.3. The second kappa shape index (κ2) is 6.98. The van der Waals surface area contributed by atoms with Crippen LogP contribution >= 0.6 is 0 Å². The molecule has 1 amide bonds. The van der Waals surface area contributed by atoms with E-state index in [2.05, 4.69) is 5.32 Å². The highest BCUT2D eigenvalue weighted by atomic mass is 19.1. The molecule has 0 spiro atoms. The zero-order valence-electron chi connectivity index (χ0n) is 9.96. The van der Waals surface area contributed by atoms with Crippen molar-refractivity contribution in [1.82, 2.24) is 0 Å². The number of benzene rings is 1. The van der Waals surface area contributed by atoms with Gasteiger partial charge in [0.25, 0.3) is 0 Å². The summed E-state index contributed by atoms with van der Waals surface area (Å²) in [6.45, 7) is 2.38. The second-order valence-electron chi connectivity index (χ2n) is 3.56. The largest absolute Gasteiger partial charge is 0.382 e. The van der Waals surface area contributed by atoms with Crippen LogP contribution in [0.25, 0.3) is 0 Å². The molecule has 0 aromatic heterocycles. The van der Waals surface area contributed by atoms with Gasteiger partial charge in [-0.2, -0.15) is 0 Å². The summed E-state index contributed by atoms with van der Waals surface area (Å²) in [4.78, 5) is 11.4. The van der Waals surface area contributed by atoms with Crippen LogP contribution in [0.5, 0.6) is 0 Å². The molecule has 1 aromatic carbocycles. The molecule has 1 rings (SSSR count). The lowest BCUT2D eigenvalue weighted by Crippen LogP contribution is -2.19. The van der Waals surface area contributed by atoms with E-state index in [0.29, 0.717) is 24.5 Å². The third-order valence-corrected chi connectivity index (χ3v) is 2.12. The molecule has 1 aromatic rings. The Bertz CT molecular complexity index is 382. The van der Waals surface area contributed by atoms with Gasteiger partial charge in [-0.15, -0.1) is 0 Å². The van der Waals surface area contributed by atoms with Crippen LogP contribution in [0.2, 0.25) is 0 Å². The Labute approximate surface area is 99.7 Å². The minimum Gasteiger partial charge on any atom is -0.382 e. The first-order valence-corrected chi connectivity index (χ1v) is 5.26. The fourth-order valence-corrected chi connectivity index (χ4v) is 1.17. The fraction of sp³-hybridized carbons (Fsp3) is 0.417. The summed E-state index contributed by atoms with van der Waals surface area (Å²) < 4.78 is 23.0. The molecule has 0 atom stereocenters. The number of amides is 1. The molecule has 5 heteroatoms. The SMILES string of the molecule is COCCOCC(=O)Nc1ccc(C)c(F)c1. The van der Waals surface area contributed by atoms with E-state index in [4.69, 9.17) is 9.47 Å². The zero-order chi connectivity index (χ0) is 12.7. The molecule has 0 saturated heterocycles. The third-order valence-electron chi connectivity index (χ3n) is 2.12. The Balaban J connectivity index is 2.37. The van der Waals surface area contributed by atoms with E-state index in [1.165, 1.54) is 6.07 Å². The van der Waals surface area contributed by atoms with Gasteiger partial charge in [0.2, 0.25) is 5.91 Å². The van der Waals surface area contributed by atoms with Crippen LogP contribution in [0.3, 0.4) is 0 Å². The van der Waals surface area contributed by atoms with Gasteiger partial charge in [0.1, 0.15) is 12.4 Å². The van der Waals surface area contributed by atoms with Crippen molar-refractivity contribution < 1.29 is 18.7 Å². The van der Waals surface area contributed by atoms with Crippen LogP contribution in [0, 0.1) is 12.7 Å². The quantitative estimate of drug-likeness (QED) is 0.772. The summed E-state index contributed by atoms with van der Waals surface area (Å²) in [6.07, 6.45) is 0. The first-order valence-electron chi connectivity index (χ1n) is 5.26. The van der Waals surface area contributed by atoms with Crippen LogP contribution < -0.4 is 5.32 Å². The molecule has 0 aliphatic heterocycles. The van der Waals surface area contributed by atoms with Crippen molar-refractivity contribution in [2.45, 2.75) is 6.92 Å². The van der Waals surface area contributed by atoms with Gasteiger partial charge in [0.15, 0.2) is 0 Å². The maximum atomic E-state index is 13.2. The molecular formula is C12H16FNO3. The van der Waals surface area contributed by atoms with Crippen LogP contribution in [-0.4, -0.2) is 32.8 Å². The van der Waals surface area contributed by atoms with Gasteiger partial charge in [-0.05, 0) is 24.6 Å². The molecule has 4 nitrogen and oxygen atoms in total. The standard InChI is InChI=1S/C12H16FNO3/c1-9-3-4-10(7-11(9)13)14-12(15)8-17-6-5-16-2/h3-4,7H,5-6,8H2,1-2H3,(H,14,15). The lowest BCUT2D eigenvalue weighted by Gasteiger charge is -2.06. The van der Waals surface area contributed by atoms with Gasteiger partial charge in [0.05, 0.1) is 13.2 Å². The fourth-order valence-electron chi connectivity index (χ4n) is 1.17. The minimum absolute atomic E-state index is 0.0706. The molecule has 0 radical (unpaired) electrons.